The minimum atomic E-state index is -1.93. The topological polar surface area (TPSA) is 317 Å². The summed E-state index contributed by atoms with van der Waals surface area (Å²) in [5.41, 5.74) is 3.27. The molecule has 458 valence electrons. The van der Waals surface area contributed by atoms with Gasteiger partial charge < -0.3 is 65.4 Å². The van der Waals surface area contributed by atoms with Gasteiger partial charge in [0.2, 0.25) is 23.6 Å². The molecule has 0 spiro atoms. The highest BCUT2D eigenvalue weighted by molar-refractivity contribution is 9.09. The number of nitrogens with one attached hydrogen (secondary N) is 6. The number of rotatable bonds is 23. The van der Waals surface area contributed by atoms with E-state index in [1.165, 1.54) is 32.2 Å². The molecule has 83 heavy (non-hydrogen) atoms. The first-order valence-electron chi connectivity index (χ1n) is 27.2. The Bertz CT molecular complexity index is 2740. The molecule has 23 nitrogen and oxygen atoms in total. The number of allylic oxidation sites excluding steroid dienone is 3. The number of epoxide rings is 1. The van der Waals surface area contributed by atoms with Gasteiger partial charge in [0.15, 0.2) is 5.72 Å². The number of hydrogen-bond donors (Lipinski definition) is 8. The molecule has 0 unspecified atom stereocenters. The summed E-state index contributed by atoms with van der Waals surface area (Å²) in [6.45, 7) is 8.87. The van der Waals surface area contributed by atoms with Crippen molar-refractivity contribution >= 4 is 108 Å². The van der Waals surface area contributed by atoms with Crippen LogP contribution in [0.5, 0.6) is 5.75 Å². The smallest absolute Gasteiger partial charge is 0.412 e. The number of halogens is 4. The molecule has 3 heterocycles. The number of ether oxygens (including phenoxy) is 6. The van der Waals surface area contributed by atoms with Crippen LogP contribution in [-0.4, -0.2) is 146 Å². The molecule has 3 aliphatic rings. The Hall–Kier alpha value is -6.06. The van der Waals surface area contributed by atoms with Gasteiger partial charge in [0, 0.05) is 55.8 Å². The average molecular weight is 1320 g/mol. The van der Waals surface area contributed by atoms with Crippen LogP contribution in [0, 0.1) is 23.6 Å². The third-order valence-electron chi connectivity index (χ3n) is 14.5. The van der Waals surface area contributed by atoms with Crippen LogP contribution in [0.4, 0.5) is 35.8 Å². The fraction of sp³-hybridized carbons (Fsp3) is 0.571. The number of unbranched alkanes of at least 4 members (excludes halogenated alkanes) is 2. The van der Waals surface area contributed by atoms with E-state index in [1.807, 2.05) is 13.0 Å². The molecule has 4 bridgehead atoms. The maximum Gasteiger partial charge on any atom is 0.412 e. The first kappa shape index (κ1) is 67.7. The van der Waals surface area contributed by atoms with Crippen LogP contribution in [-0.2, 0) is 54.1 Å². The van der Waals surface area contributed by atoms with Crippen molar-refractivity contribution in [1.82, 2.24) is 21.3 Å². The number of benzene rings is 2. The lowest BCUT2D eigenvalue weighted by atomic mass is 9.83. The molecule has 2 fully saturated rings. The number of hydrogen-bond acceptors (Lipinski definition) is 15. The third kappa shape index (κ3) is 19.0. The lowest BCUT2D eigenvalue weighted by Gasteiger charge is -2.42. The second-order valence-corrected chi connectivity index (χ2v) is 22.9. The summed E-state index contributed by atoms with van der Waals surface area (Å²) < 4.78 is 50.4. The molecule has 2 aromatic carbocycles. The number of primary amides is 1. The van der Waals surface area contributed by atoms with E-state index in [1.54, 1.807) is 52.0 Å². The molecule has 0 aromatic heterocycles. The van der Waals surface area contributed by atoms with Crippen LogP contribution in [0.1, 0.15) is 91.5 Å². The number of anilines is 3. The normalized spacial score (nSPS) is 24.3. The first-order valence-corrected chi connectivity index (χ1v) is 29.8. The lowest BCUT2D eigenvalue weighted by Crippen LogP contribution is -2.63. The van der Waals surface area contributed by atoms with Crippen molar-refractivity contribution in [3.63, 3.8) is 0 Å². The Morgan fingerprint density at radius 1 is 1.01 bits per heavy atom. The number of aliphatic hydroxyl groups is 1. The molecule has 2 saturated heterocycles. The maximum absolute atomic E-state index is 16.0. The van der Waals surface area contributed by atoms with Crippen molar-refractivity contribution in [2.45, 2.75) is 140 Å². The van der Waals surface area contributed by atoms with Crippen molar-refractivity contribution in [3.8, 4) is 5.75 Å². The van der Waals surface area contributed by atoms with Crippen LogP contribution < -0.4 is 47.3 Å². The third-order valence-corrected chi connectivity index (χ3v) is 16.5. The lowest BCUT2D eigenvalue weighted by molar-refractivity contribution is -0.147. The van der Waals surface area contributed by atoms with Gasteiger partial charge in [-0.3, -0.25) is 34.6 Å². The van der Waals surface area contributed by atoms with E-state index in [2.05, 4.69) is 63.8 Å². The van der Waals surface area contributed by atoms with E-state index in [4.69, 9.17) is 45.8 Å². The number of amides is 8. The molecule has 5 rings (SSSR count). The van der Waals surface area contributed by atoms with Crippen LogP contribution in [0.3, 0.4) is 0 Å². The Morgan fingerprint density at radius 2 is 1.73 bits per heavy atom. The first-order chi connectivity index (χ1) is 39.3. The molecule has 0 radical (unpaired) electrons. The fourth-order valence-corrected chi connectivity index (χ4v) is 11.6. The molecular weight excluding hydrogens is 1240 g/mol. The molecule has 3 aliphatic heterocycles. The van der Waals surface area contributed by atoms with Gasteiger partial charge in [-0.05, 0) is 94.2 Å². The van der Waals surface area contributed by atoms with Crippen LogP contribution >= 0.6 is 43.5 Å². The number of alkyl carbamates (subject to hydrolysis) is 1. The van der Waals surface area contributed by atoms with Gasteiger partial charge in [0.1, 0.15) is 52.6 Å². The van der Waals surface area contributed by atoms with Gasteiger partial charge in [-0.1, -0.05) is 88.0 Å². The number of nitrogens with zero attached hydrogens (tertiary/aromatic N) is 1. The number of nitrogens with two attached hydrogens (primary N) is 1. The summed E-state index contributed by atoms with van der Waals surface area (Å²) in [7, 11) is 4.31. The summed E-state index contributed by atoms with van der Waals surface area (Å²) in [5.74, 6) is -4.91. The number of carbonyl (C=O) groups excluding carboxylic acids is 8. The zero-order valence-corrected chi connectivity index (χ0v) is 51.6. The van der Waals surface area contributed by atoms with Gasteiger partial charge in [-0.2, -0.15) is 0 Å². The standard InChI is InChI=1S/C56H76Br2ClFN8O15/c1-30(2)47(66-44(69)17-10-9-11-21-80-51(73)34(28-57)29-58)50(72)64-38(15-13-20-62-52(61)74)49(71)63-35-18-19-37(36(60)25-35)65-53(75)82-43-26-45(70)68(6)39-23-33(24-40(78-7)46(39)59)22-31(3)14-12-16-42(79-8)56(77)27-41(81-54(76)67-56)32(4)48-55(43,5)83-48/h12,14,16,18-19,23-25,30,32,34,38,41-43,47-48,77H,9-11,13,15,17,20-22,26-29H2,1-8H3,(H,63,71)(H,64,72)(H,65,75)(H,66,69)(H,67,76)(H3,61,62,74)/b16-12+,31-14+/t32-,38+,41+,42-,43+,47+,48+,55+,56+/m1/s1. The molecule has 2 aromatic rings. The van der Waals surface area contributed by atoms with E-state index in [9.17, 15) is 43.5 Å². The largest absolute Gasteiger partial charge is 0.495 e. The van der Waals surface area contributed by atoms with Gasteiger partial charge >= 0.3 is 24.2 Å². The highest BCUT2D eigenvalue weighted by atomic mass is 79.9. The Kier molecular flexibility index (Phi) is 25.4. The van der Waals surface area contributed by atoms with Crippen molar-refractivity contribution in [3.05, 3.63) is 70.5 Å². The predicted molar refractivity (Wildman–Crippen MR) is 314 cm³/mol. The van der Waals surface area contributed by atoms with E-state index >= 15 is 4.39 Å². The van der Waals surface area contributed by atoms with Gasteiger partial charge in [0.25, 0.3) is 0 Å². The van der Waals surface area contributed by atoms with Gasteiger partial charge in [-0.25, -0.2) is 18.8 Å². The molecular formula is C56H76Br2ClFN8O15. The number of fused-ring (bicyclic) bond motifs is 5. The minimum Gasteiger partial charge on any atom is -0.495 e. The zero-order valence-electron chi connectivity index (χ0n) is 47.7. The summed E-state index contributed by atoms with van der Waals surface area (Å²) in [6, 6.07) is 3.68. The number of alkyl halides is 2. The number of urea groups is 1. The monoisotopic (exact) mass is 1310 g/mol. The maximum atomic E-state index is 16.0. The van der Waals surface area contributed by atoms with Crippen molar-refractivity contribution in [2.24, 2.45) is 23.5 Å². The van der Waals surface area contributed by atoms with Crippen LogP contribution in [0.25, 0.3) is 0 Å². The van der Waals surface area contributed by atoms with Crippen molar-refractivity contribution < 1.29 is 76.3 Å². The zero-order chi connectivity index (χ0) is 61.3. The van der Waals surface area contributed by atoms with Crippen LogP contribution in [0.15, 0.2) is 54.1 Å². The summed E-state index contributed by atoms with van der Waals surface area (Å²) in [5, 5.41) is 28.2. The Morgan fingerprint density at radius 3 is 2.39 bits per heavy atom. The Balaban J connectivity index is 1.31. The van der Waals surface area contributed by atoms with Crippen molar-refractivity contribution in [1.29, 1.82) is 0 Å². The SMILES string of the molecule is COc1cc2cc(c1Cl)N(C)C(=O)C[C@H](OC(=O)Nc1ccc(NC(=O)[C@H](CCCNC(N)=O)NC(=O)[C@@H](NC(=O)CCCCCOC(=O)C(CBr)CBr)C(C)C)cc1F)[C@]1(C)O[C@H]1[C@H](C)[C@@H]1C[C@@](O)(NC(=O)O1)[C@H](OC)/C=C/C=C(\C)C2. The van der Waals surface area contributed by atoms with Crippen LogP contribution in [0.2, 0.25) is 5.02 Å². The molecule has 0 saturated carbocycles. The predicted octanol–water partition coefficient (Wildman–Crippen LogP) is 7.03. The summed E-state index contributed by atoms with van der Waals surface area (Å²) in [4.78, 5) is 107. The number of carbonyl (C=O) groups is 8. The quantitative estimate of drug-likeness (QED) is 0.0182. The van der Waals surface area contributed by atoms with Gasteiger partial charge in [-0.15, -0.1) is 0 Å². The fourth-order valence-electron chi connectivity index (χ4n) is 9.65. The molecule has 27 heteroatoms. The number of esters is 1. The van der Waals surface area contributed by atoms with E-state index < -0.39 is 119 Å². The summed E-state index contributed by atoms with van der Waals surface area (Å²) in [6.07, 6.45) is 0.304. The second kappa shape index (κ2) is 31.2. The molecule has 9 N–H and O–H groups in total. The molecule has 0 aliphatic carbocycles. The molecule has 8 amide bonds. The van der Waals surface area contributed by atoms with E-state index in [0.29, 0.717) is 36.3 Å². The molecule has 9 atom stereocenters. The average Bonchev–Trinajstić information content (AvgIpc) is 1.91. The highest BCUT2D eigenvalue weighted by Crippen LogP contribution is 2.49. The Labute approximate surface area is 504 Å². The van der Waals surface area contributed by atoms with Gasteiger partial charge in [0.05, 0.1) is 43.5 Å². The highest BCUT2D eigenvalue weighted by Gasteiger charge is 2.64. The minimum absolute atomic E-state index is 0.0229. The van der Waals surface area contributed by atoms with E-state index in [0.717, 1.165) is 23.3 Å². The van der Waals surface area contributed by atoms with Crippen molar-refractivity contribution in [2.75, 3.05) is 60.6 Å². The number of methoxy groups -OCH3 is 2. The van der Waals surface area contributed by atoms with E-state index in [-0.39, 0.29) is 72.9 Å². The summed E-state index contributed by atoms with van der Waals surface area (Å²) >= 11 is 13.4. The second-order valence-electron chi connectivity index (χ2n) is 21.3.